The number of phenolic OH excluding ortho intramolecular Hbond substituents is 1. The van der Waals surface area contributed by atoms with Gasteiger partial charge in [0.05, 0.1) is 23.5 Å². The van der Waals surface area contributed by atoms with Crippen LogP contribution in [0, 0.1) is 0 Å². The van der Waals surface area contributed by atoms with Gasteiger partial charge in [0.15, 0.2) is 11.9 Å². The van der Waals surface area contributed by atoms with Gasteiger partial charge in [0.2, 0.25) is 0 Å². The van der Waals surface area contributed by atoms with Crippen molar-refractivity contribution in [3.8, 4) is 5.75 Å². The maximum Gasteiger partial charge on any atom is 0.156 e. The van der Waals surface area contributed by atoms with Crippen molar-refractivity contribution in [1.82, 2.24) is 9.88 Å². The van der Waals surface area contributed by atoms with Crippen LogP contribution in [0.3, 0.4) is 0 Å². The Balaban J connectivity index is 2.31. The van der Waals surface area contributed by atoms with Crippen LogP contribution in [0.25, 0.3) is 16.6 Å². The van der Waals surface area contributed by atoms with Crippen molar-refractivity contribution < 1.29 is 28.9 Å². The lowest BCUT2D eigenvalue weighted by molar-refractivity contribution is -0.143. The number of phenols is 1. The third-order valence-corrected chi connectivity index (χ3v) is 6.27. The molecule has 0 amide bonds. The number of hydrogen-bond donors (Lipinski definition) is 1. The number of pyridine rings is 1. The molecule has 0 aliphatic carbocycles. The second-order valence-corrected chi connectivity index (χ2v) is 8.26. The fourth-order valence-corrected chi connectivity index (χ4v) is 4.49. The highest BCUT2D eigenvalue weighted by Gasteiger charge is 2.37. The largest absolute Gasteiger partial charge is 0.508 e. The van der Waals surface area contributed by atoms with Gasteiger partial charge in [-0.15, -0.1) is 0 Å². The van der Waals surface area contributed by atoms with Gasteiger partial charge in [0.25, 0.3) is 0 Å². The first kappa shape index (κ1) is 25.6. The SMILES string of the molecule is CCc1c2c(nc3ccc(O)cc13)/C(=C/C(=C(\C=O)COC)C(C=O)(CC)OCOC)N(C)C2. The zero-order chi connectivity index (χ0) is 24.9. The summed E-state index contributed by atoms with van der Waals surface area (Å²) in [7, 11) is 4.91. The minimum atomic E-state index is -1.39. The number of aromatic hydroxyl groups is 1. The van der Waals surface area contributed by atoms with Crippen LogP contribution in [0.2, 0.25) is 0 Å². The van der Waals surface area contributed by atoms with E-state index in [1.807, 2.05) is 18.9 Å². The van der Waals surface area contributed by atoms with Gasteiger partial charge in [0.1, 0.15) is 18.8 Å². The normalized spacial score (nSPS) is 17.0. The van der Waals surface area contributed by atoms with E-state index in [0.717, 1.165) is 39.8 Å². The highest BCUT2D eigenvalue weighted by molar-refractivity contribution is 5.90. The van der Waals surface area contributed by atoms with Crippen LogP contribution in [0.4, 0.5) is 0 Å². The number of ether oxygens (including phenoxy) is 3. The fraction of sp³-hybridized carbons (Fsp3) is 0.423. The first-order valence-corrected chi connectivity index (χ1v) is 11.2. The second-order valence-electron chi connectivity index (χ2n) is 8.26. The minimum Gasteiger partial charge on any atom is -0.508 e. The molecular formula is C26H32N2O6. The molecule has 0 radical (unpaired) electrons. The first-order chi connectivity index (χ1) is 16.4. The van der Waals surface area contributed by atoms with E-state index in [1.54, 1.807) is 24.3 Å². The summed E-state index contributed by atoms with van der Waals surface area (Å²) in [6, 6.07) is 5.15. The predicted octanol–water partition coefficient (Wildman–Crippen LogP) is 3.40. The highest BCUT2D eigenvalue weighted by atomic mass is 16.7. The zero-order valence-electron chi connectivity index (χ0n) is 20.4. The predicted molar refractivity (Wildman–Crippen MR) is 129 cm³/mol. The summed E-state index contributed by atoms with van der Waals surface area (Å²) in [4.78, 5) is 31.4. The molecule has 1 unspecified atom stereocenters. The van der Waals surface area contributed by atoms with Crippen molar-refractivity contribution in [2.45, 2.75) is 38.8 Å². The van der Waals surface area contributed by atoms with E-state index in [9.17, 15) is 14.7 Å². The Morgan fingerprint density at radius 2 is 2.00 bits per heavy atom. The first-order valence-electron chi connectivity index (χ1n) is 11.2. The lowest BCUT2D eigenvalue weighted by Gasteiger charge is -2.30. The zero-order valence-corrected chi connectivity index (χ0v) is 20.4. The number of hydrogen-bond acceptors (Lipinski definition) is 8. The Morgan fingerprint density at radius 3 is 2.59 bits per heavy atom. The number of rotatable bonds is 11. The van der Waals surface area contributed by atoms with Gasteiger partial charge in [-0.2, -0.15) is 0 Å². The Morgan fingerprint density at radius 1 is 1.24 bits per heavy atom. The van der Waals surface area contributed by atoms with Crippen LogP contribution in [-0.4, -0.2) is 67.8 Å². The Labute approximate surface area is 199 Å². The van der Waals surface area contributed by atoms with Gasteiger partial charge < -0.3 is 24.2 Å². The van der Waals surface area contributed by atoms with Gasteiger partial charge in [0, 0.05) is 49.9 Å². The quantitative estimate of drug-likeness (QED) is 0.304. The van der Waals surface area contributed by atoms with Crippen LogP contribution in [0.5, 0.6) is 5.75 Å². The second kappa shape index (κ2) is 10.9. The highest BCUT2D eigenvalue weighted by Crippen LogP contribution is 2.39. The van der Waals surface area contributed by atoms with Crippen LogP contribution >= 0.6 is 0 Å². The summed E-state index contributed by atoms with van der Waals surface area (Å²) in [6.45, 7) is 4.41. The van der Waals surface area contributed by atoms with E-state index < -0.39 is 5.60 Å². The molecule has 2 heterocycles. The summed E-state index contributed by atoms with van der Waals surface area (Å²) in [5.74, 6) is 0.195. The Bertz CT molecular complexity index is 1140. The number of nitrogens with zero attached hydrogens (tertiary/aromatic N) is 2. The van der Waals surface area contributed by atoms with Gasteiger partial charge >= 0.3 is 0 Å². The smallest absolute Gasteiger partial charge is 0.156 e. The fourth-order valence-electron chi connectivity index (χ4n) is 4.49. The van der Waals surface area contributed by atoms with Crippen LogP contribution in [0.15, 0.2) is 35.4 Å². The number of carbonyl (C=O) groups is 2. The van der Waals surface area contributed by atoms with Crippen LogP contribution in [0.1, 0.15) is 37.1 Å². The molecule has 0 fully saturated rings. The topological polar surface area (TPSA) is 98.2 Å². The molecule has 1 N–H and O–H groups in total. The van der Waals surface area contributed by atoms with Crippen molar-refractivity contribution in [3.63, 3.8) is 0 Å². The van der Waals surface area contributed by atoms with E-state index in [2.05, 4.69) is 6.92 Å². The maximum absolute atomic E-state index is 12.4. The molecule has 1 aromatic carbocycles. The molecule has 8 nitrogen and oxygen atoms in total. The van der Waals surface area contributed by atoms with Crippen molar-refractivity contribution in [1.29, 1.82) is 0 Å². The molecular weight excluding hydrogens is 436 g/mol. The number of aldehydes is 2. The van der Waals surface area contributed by atoms with E-state index in [0.29, 0.717) is 36.7 Å². The molecule has 34 heavy (non-hydrogen) atoms. The van der Waals surface area contributed by atoms with Crippen molar-refractivity contribution >= 4 is 29.2 Å². The molecule has 1 atom stereocenters. The Hall–Kier alpha value is -3.07. The van der Waals surface area contributed by atoms with Gasteiger partial charge in [-0.1, -0.05) is 13.8 Å². The molecule has 1 aliphatic heterocycles. The van der Waals surface area contributed by atoms with E-state index in [1.165, 1.54) is 14.2 Å². The summed E-state index contributed by atoms with van der Waals surface area (Å²) >= 11 is 0. The molecule has 1 aliphatic rings. The lowest BCUT2D eigenvalue weighted by Crippen LogP contribution is -2.38. The van der Waals surface area contributed by atoms with Gasteiger partial charge in [-0.05, 0) is 42.7 Å². The Kier molecular flexibility index (Phi) is 8.19. The molecule has 3 rings (SSSR count). The average molecular weight is 469 g/mol. The molecule has 182 valence electrons. The van der Waals surface area contributed by atoms with E-state index in [-0.39, 0.29) is 19.1 Å². The number of fused-ring (bicyclic) bond motifs is 2. The number of benzene rings is 1. The van der Waals surface area contributed by atoms with Gasteiger partial charge in [-0.25, -0.2) is 4.98 Å². The summed E-state index contributed by atoms with van der Waals surface area (Å²) in [5, 5.41) is 10.9. The standard InChI is InChI=1S/C26H32N2O6/c1-6-19-20-10-18(31)8-9-23(20)27-25-21(19)12-28(3)24(25)11-22(17(13-29)14-32-4)26(7-2,15-30)34-16-33-5/h8-11,13,15,31H,6-7,12,14,16H2,1-5H3/b22-17-,24-11-. The molecule has 1 aromatic heterocycles. The average Bonchev–Trinajstić information content (AvgIpc) is 3.15. The number of aromatic nitrogens is 1. The summed E-state index contributed by atoms with van der Waals surface area (Å²) in [6.07, 6.45) is 4.27. The van der Waals surface area contributed by atoms with Crippen LogP contribution < -0.4 is 0 Å². The molecule has 0 saturated heterocycles. The molecule has 0 spiro atoms. The summed E-state index contributed by atoms with van der Waals surface area (Å²) < 4.78 is 16.2. The summed E-state index contributed by atoms with van der Waals surface area (Å²) in [5.41, 5.74) is 3.81. The van der Waals surface area contributed by atoms with Crippen molar-refractivity contribution in [2.24, 2.45) is 0 Å². The molecule has 0 saturated carbocycles. The van der Waals surface area contributed by atoms with E-state index >= 15 is 0 Å². The minimum absolute atomic E-state index is 0.0236. The number of aryl methyl sites for hydroxylation is 1. The lowest BCUT2D eigenvalue weighted by atomic mass is 9.87. The van der Waals surface area contributed by atoms with Crippen molar-refractivity contribution in [3.05, 3.63) is 52.2 Å². The number of methoxy groups -OCH3 is 2. The van der Waals surface area contributed by atoms with E-state index in [4.69, 9.17) is 19.2 Å². The molecule has 8 heteroatoms. The third kappa shape index (κ3) is 4.61. The monoisotopic (exact) mass is 468 g/mol. The van der Waals surface area contributed by atoms with Crippen LogP contribution in [-0.2, 0) is 36.8 Å². The molecule has 0 bridgehead atoms. The van der Waals surface area contributed by atoms with Gasteiger partial charge in [-0.3, -0.25) is 9.59 Å². The maximum atomic E-state index is 12.4. The third-order valence-electron chi connectivity index (χ3n) is 6.27. The van der Waals surface area contributed by atoms with Crippen molar-refractivity contribution in [2.75, 3.05) is 34.7 Å². The number of carbonyl (C=O) groups excluding carboxylic acids is 2. The molecule has 2 aromatic rings.